The van der Waals surface area contributed by atoms with Crippen LogP contribution in [-0.2, 0) is 19.4 Å². The predicted octanol–water partition coefficient (Wildman–Crippen LogP) is 2.89. The Morgan fingerprint density at radius 3 is 2.54 bits per heavy atom. The zero-order valence-electron chi connectivity index (χ0n) is 22.3. The van der Waals surface area contributed by atoms with Crippen molar-refractivity contribution in [2.24, 2.45) is 5.41 Å². The molecule has 12 heteroatoms. The molecular weight excluding hydrogens is 542 g/mol. The second kappa shape index (κ2) is 12.1. The summed E-state index contributed by atoms with van der Waals surface area (Å²) >= 11 is 5.84. The number of nitrogens with one attached hydrogen (secondary N) is 2. The van der Waals surface area contributed by atoms with Crippen molar-refractivity contribution >= 4 is 50.1 Å². The second-order valence-corrected chi connectivity index (χ2v) is 13.2. The topological polar surface area (TPSA) is 149 Å². The van der Waals surface area contributed by atoms with E-state index in [0.29, 0.717) is 24.9 Å². The van der Waals surface area contributed by atoms with Crippen molar-refractivity contribution in [1.29, 1.82) is 5.26 Å². The molecule has 0 bridgehead atoms. The lowest BCUT2D eigenvalue weighted by atomic mass is 9.85. The first kappa shape index (κ1) is 30.1. The van der Waals surface area contributed by atoms with Gasteiger partial charge in [-0.2, -0.15) is 5.26 Å². The number of rotatable bonds is 8. The van der Waals surface area contributed by atoms with Crippen LogP contribution in [0.1, 0.15) is 50.5 Å². The molecule has 1 saturated heterocycles. The Morgan fingerprint density at radius 2 is 1.90 bits per heavy atom. The highest BCUT2D eigenvalue weighted by atomic mass is 35.5. The molecule has 3 rings (SSSR count). The number of sulfone groups is 1. The quantitative estimate of drug-likeness (QED) is 0.493. The number of benzene rings is 1. The van der Waals surface area contributed by atoms with Crippen molar-refractivity contribution in [2.75, 3.05) is 12.8 Å². The first-order valence-corrected chi connectivity index (χ1v) is 14.7. The maximum Gasteiger partial charge on any atom is 0.270 e. The number of fused-ring (bicyclic) bond motifs is 1. The minimum atomic E-state index is -3.71. The third-order valence-corrected chi connectivity index (χ3v) is 8.19. The van der Waals surface area contributed by atoms with E-state index in [-0.39, 0.29) is 12.1 Å². The molecule has 0 saturated carbocycles. The normalized spacial score (nSPS) is 17.8. The first-order valence-electron chi connectivity index (χ1n) is 12.4. The fourth-order valence-electron chi connectivity index (χ4n) is 4.33. The summed E-state index contributed by atoms with van der Waals surface area (Å²) in [5.74, 6) is -1.47. The Balaban J connectivity index is 1.80. The minimum Gasteiger partial charge on any atom is -0.347 e. The number of carbonyl (C=O) groups excluding carboxylic acids is 3. The fraction of sp³-hybridized carbons (Fsp3) is 0.444. The van der Waals surface area contributed by atoms with Crippen LogP contribution in [0.4, 0.5) is 0 Å². The van der Waals surface area contributed by atoms with E-state index in [0.717, 1.165) is 17.7 Å². The van der Waals surface area contributed by atoms with Gasteiger partial charge in [0.15, 0.2) is 9.84 Å². The van der Waals surface area contributed by atoms with E-state index in [4.69, 9.17) is 16.9 Å². The molecule has 2 aromatic rings. The van der Waals surface area contributed by atoms with E-state index in [9.17, 15) is 22.8 Å². The first-order chi connectivity index (χ1) is 18.2. The second-order valence-electron chi connectivity index (χ2n) is 10.6. The Bertz CT molecular complexity index is 1440. The maximum atomic E-state index is 13.8. The van der Waals surface area contributed by atoms with Crippen molar-refractivity contribution in [1.82, 2.24) is 20.5 Å². The highest BCUT2D eigenvalue weighted by Crippen LogP contribution is 2.26. The molecule has 2 N–H and O–H groups in total. The molecule has 2 heterocycles. The van der Waals surface area contributed by atoms with Crippen LogP contribution in [-0.4, -0.2) is 66.9 Å². The molecular formula is C27H32ClN5O5S. The Labute approximate surface area is 233 Å². The van der Waals surface area contributed by atoms with Gasteiger partial charge in [-0.3, -0.25) is 14.4 Å². The van der Waals surface area contributed by atoms with Crippen LogP contribution >= 0.6 is 11.6 Å². The summed E-state index contributed by atoms with van der Waals surface area (Å²) in [5.41, 5.74) is 0.125. The smallest absolute Gasteiger partial charge is 0.270 e. The Kier molecular flexibility index (Phi) is 9.35. The molecule has 3 amide bonds. The summed E-state index contributed by atoms with van der Waals surface area (Å²) in [4.78, 5) is 45.9. The molecule has 0 radical (unpaired) electrons. The third-order valence-electron chi connectivity index (χ3n) is 6.38. The van der Waals surface area contributed by atoms with Gasteiger partial charge in [-0.25, -0.2) is 13.4 Å². The largest absolute Gasteiger partial charge is 0.347 e. The van der Waals surface area contributed by atoms with Crippen molar-refractivity contribution in [3.63, 3.8) is 0 Å². The Morgan fingerprint density at radius 1 is 1.21 bits per heavy atom. The number of hydrogen-bond acceptors (Lipinski definition) is 7. The number of para-hydroxylation sites is 1. The average Bonchev–Trinajstić information content (AvgIpc) is 3.35. The van der Waals surface area contributed by atoms with E-state index in [1.165, 1.54) is 4.90 Å². The molecule has 208 valence electrons. The van der Waals surface area contributed by atoms with Crippen LogP contribution in [0.2, 0.25) is 0 Å². The highest BCUT2D eigenvalue weighted by Gasteiger charge is 2.42. The molecule has 1 aromatic heterocycles. The van der Waals surface area contributed by atoms with E-state index in [2.05, 4.69) is 15.6 Å². The lowest BCUT2D eigenvalue weighted by molar-refractivity contribution is -0.142. The molecule has 1 aliphatic heterocycles. The van der Waals surface area contributed by atoms with Crippen LogP contribution in [0.25, 0.3) is 10.9 Å². The number of nitriles is 1. The number of carbonyl (C=O) groups is 3. The standard InChI is InChI=1S/C27H32ClN5O5S/c1-27(2,3)23(32-24(34)20-12-11-17-8-5-6-9-19(17)31-20)26(36)33-15-7-10-21(33)25(35)30-18(13-14-29)16-22(28)39(4,37)38/h5-6,8-9,11-12,16,18,21,23H,7,10,13,15H2,1-4H3,(H,30,35)(H,32,34)/b22-16+/t18-,21+,23-/m0/s1. The zero-order chi connectivity index (χ0) is 29.0. The number of hydrogen-bond donors (Lipinski definition) is 2. The van der Waals surface area contributed by atoms with Gasteiger partial charge in [0, 0.05) is 18.2 Å². The summed E-state index contributed by atoms with van der Waals surface area (Å²) in [7, 11) is -3.71. The molecule has 39 heavy (non-hydrogen) atoms. The molecule has 1 fully saturated rings. The van der Waals surface area contributed by atoms with E-state index in [1.54, 1.807) is 18.2 Å². The number of pyridine rings is 1. The Hall–Kier alpha value is -3.49. The lowest BCUT2D eigenvalue weighted by Crippen LogP contribution is -2.58. The SMILES string of the molecule is CC(C)(C)[C@@H](NC(=O)c1ccc2ccccc2n1)C(=O)N1CCC[C@@H]1C(=O)N[C@H](/C=C(\Cl)S(C)(=O)=O)CC#N. The number of likely N-dealkylation sites (tertiary alicyclic amines) is 1. The molecule has 1 aromatic carbocycles. The zero-order valence-corrected chi connectivity index (χ0v) is 23.8. The molecule has 1 aliphatic rings. The van der Waals surface area contributed by atoms with Crippen LogP contribution in [0.15, 0.2) is 46.8 Å². The number of halogens is 1. The predicted molar refractivity (Wildman–Crippen MR) is 148 cm³/mol. The van der Waals surface area contributed by atoms with Gasteiger partial charge in [0.25, 0.3) is 5.91 Å². The molecule has 10 nitrogen and oxygen atoms in total. The van der Waals surface area contributed by atoms with Crippen molar-refractivity contribution in [3.05, 3.63) is 52.5 Å². The average molecular weight is 574 g/mol. The van der Waals surface area contributed by atoms with Crippen LogP contribution < -0.4 is 10.6 Å². The van der Waals surface area contributed by atoms with E-state index >= 15 is 0 Å². The number of amides is 3. The van der Waals surface area contributed by atoms with Gasteiger partial charge in [-0.15, -0.1) is 0 Å². The summed E-state index contributed by atoms with van der Waals surface area (Å²) in [6.45, 7) is 5.75. The monoisotopic (exact) mass is 573 g/mol. The third kappa shape index (κ3) is 7.55. The van der Waals surface area contributed by atoms with Crippen molar-refractivity contribution < 1.29 is 22.8 Å². The molecule has 3 atom stereocenters. The van der Waals surface area contributed by atoms with Gasteiger partial charge in [-0.1, -0.05) is 56.6 Å². The highest BCUT2D eigenvalue weighted by molar-refractivity contribution is 7.96. The van der Waals surface area contributed by atoms with Gasteiger partial charge in [-0.05, 0) is 36.5 Å². The van der Waals surface area contributed by atoms with Gasteiger partial charge < -0.3 is 15.5 Å². The molecule has 0 spiro atoms. The van der Waals surface area contributed by atoms with Gasteiger partial charge in [0.05, 0.1) is 24.0 Å². The maximum absolute atomic E-state index is 13.8. The summed E-state index contributed by atoms with van der Waals surface area (Å²) in [6.07, 6.45) is 2.75. The summed E-state index contributed by atoms with van der Waals surface area (Å²) in [5, 5.41) is 15.5. The van der Waals surface area contributed by atoms with Gasteiger partial charge in [0.1, 0.15) is 22.1 Å². The van der Waals surface area contributed by atoms with Crippen LogP contribution in [0.3, 0.4) is 0 Å². The van der Waals surface area contributed by atoms with Crippen LogP contribution in [0.5, 0.6) is 0 Å². The lowest BCUT2D eigenvalue weighted by Gasteiger charge is -2.35. The van der Waals surface area contributed by atoms with E-state index < -0.39 is 55.5 Å². The summed E-state index contributed by atoms with van der Waals surface area (Å²) in [6, 6.07) is 9.88. The van der Waals surface area contributed by atoms with E-state index in [1.807, 2.05) is 45.0 Å². The molecule has 0 aliphatic carbocycles. The molecule has 0 unspecified atom stereocenters. The van der Waals surface area contributed by atoms with Gasteiger partial charge >= 0.3 is 0 Å². The van der Waals surface area contributed by atoms with Gasteiger partial charge in [0.2, 0.25) is 11.8 Å². The summed E-state index contributed by atoms with van der Waals surface area (Å²) < 4.78 is 22.9. The number of nitrogens with zero attached hydrogens (tertiary/aromatic N) is 3. The van der Waals surface area contributed by atoms with Crippen LogP contribution in [0, 0.1) is 16.7 Å². The number of aromatic nitrogens is 1. The minimum absolute atomic E-state index is 0.167. The fourth-order valence-corrected chi connectivity index (χ4v) is 4.89. The van der Waals surface area contributed by atoms with Crippen molar-refractivity contribution in [2.45, 2.75) is 58.2 Å². The van der Waals surface area contributed by atoms with Crippen molar-refractivity contribution in [3.8, 4) is 6.07 Å².